The molecule has 6 rings (SSSR count). The molecule has 1 N–H and O–H groups in total. The smallest absolute Gasteiger partial charge is 0.360 e. The highest BCUT2D eigenvalue weighted by atomic mass is 16.4. The maximum absolute atomic E-state index is 13.3. The van der Waals surface area contributed by atoms with E-state index in [4.69, 9.17) is 0 Å². The van der Waals surface area contributed by atoms with E-state index in [9.17, 15) is 14.7 Å². The Kier molecular flexibility index (Phi) is 5.09. The fourth-order valence-corrected chi connectivity index (χ4v) is 7.79. The van der Waals surface area contributed by atoms with Gasteiger partial charge in [0.25, 0.3) is 5.56 Å². The molecule has 1 aromatic heterocycles. The Bertz CT molecular complexity index is 1070. The standard InChI is InChI=1S/C26H33N3O3/c30-25-24(26(31)32)27-22-9-1-2-10-23(22)29(25)21-14-18-7-4-8-19(15-21)28(18)20-12-16-5-3-6-17(11-16)13-20/h1-2,9-10,16-21H,3-8,11-15H2,(H,31,32)/t16-,17?,18?,19?,20?,21?/m0/s1. The molecular formula is C26H33N3O3. The summed E-state index contributed by atoms with van der Waals surface area (Å²) in [5.41, 5.74) is 0.569. The molecule has 4 bridgehead atoms. The molecule has 3 heterocycles. The molecule has 2 aromatic rings. The minimum absolute atomic E-state index is 0.0446. The second-order valence-electron chi connectivity index (χ2n) is 10.8. The monoisotopic (exact) mass is 435 g/mol. The first kappa shape index (κ1) is 20.4. The van der Waals surface area contributed by atoms with Crippen LogP contribution >= 0.6 is 0 Å². The van der Waals surface area contributed by atoms with Crippen LogP contribution < -0.4 is 5.56 Å². The first-order chi connectivity index (χ1) is 15.6. The highest BCUT2D eigenvalue weighted by Crippen LogP contribution is 2.47. The molecule has 0 spiro atoms. The molecule has 4 unspecified atom stereocenters. The topological polar surface area (TPSA) is 75.4 Å². The highest BCUT2D eigenvalue weighted by molar-refractivity contribution is 5.88. The number of para-hydroxylation sites is 2. The average Bonchev–Trinajstić information content (AvgIpc) is 2.77. The lowest BCUT2D eigenvalue weighted by Gasteiger charge is -2.55. The zero-order chi connectivity index (χ0) is 21.8. The van der Waals surface area contributed by atoms with Crippen molar-refractivity contribution in [1.29, 1.82) is 0 Å². The number of hydrogen-bond donors (Lipinski definition) is 1. The molecule has 2 saturated carbocycles. The molecule has 170 valence electrons. The fourth-order valence-electron chi connectivity index (χ4n) is 7.79. The lowest BCUT2D eigenvalue weighted by Crippen LogP contribution is -2.58. The van der Waals surface area contributed by atoms with Crippen LogP contribution in [0.15, 0.2) is 29.1 Å². The summed E-state index contributed by atoms with van der Waals surface area (Å²) in [6.45, 7) is 0. The van der Waals surface area contributed by atoms with Crippen molar-refractivity contribution >= 4 is 17.0 Å². The third-order valence-electron chi connectivity index (χ3n) is 8.89. The van der Waals surface area contributed by atoms with Crippen LogP contribution in [0, 0.1) is 11.8 Å². The summed E-state index contributed by atoms with van der Waals surface area (Å²) in [4.78, 5) is 32.1. The van der Waals surface area contributed by atoms with E-state index in [1.165, 1.54) is 57.8 Å². The SMILES string of the molecule is O=C(O)c1nc2ccccc2n(C2CC3CCCC(C2)N3C2CC3CCC[C@@H](C3)C2)c1=O. The summed E-state index contributed by atoms with van der Waals surface area (Å²) in [7, 11) is 0. The van der Waals surface area contributed by atoms with E-state index < -0.39 is 11.5 Å². The van der Waals surface area contributed by atoms with Crippen molar-refractivity contribution in [3.63, 3.8) is 0 Å². The zero-order valence-electron chi connectivity index (χ0n) is 18.7. The van der Waals surface area contributed by atoms with Gasteiger partial charge in [0.1, 0.15) is 0 Å². The number of carboxylic acid groups (broad SMARTS) is 1. The Balaban J connectivity index is 1.35. The van der Waals surface area contributed by atoms with Crippen molar-refractivity contribution in [1.82, 2.24) is 14.5 Å². The number of piperidine rings is 2. The summed E-state index contributed by atoms with van der Waals surface area (Å²) in [5.74, 6) is 0.590. The van der Waals surface area contributed by atoms with Crippen LogP contribution in [0.25, 0.3) is 11.0 Å². The maximum Gasteiger partial charge on any atom is 0.360 e. The van der Waals surface area contributed by atoms with E-state index in [-0.39, 0.29) is 11.7 Å². The van der Waals surface area contributed by atoms with Crippen LogP contribution in [0.3, 0.4) is 0 Å². The largest absolute Gasteiger partial charge is 0.476 e. The molecule has 2 saturated heterocycles. The summed E-state index contributed by atoms with van der Waals surface area (Å²) < 4.78 is 1.78. The Labute approximate surface area is 188 Å². The summed E-state index contributed by atoms with van der Waals surface area (Å²) in [6, 6.07) is 9.25. The molecule has 4 aliphatic rings. The molecule has 6 nitrogen and oxygen atoms in total. The van der Waals surface area contributed by atoms with Crippen molar-refractivity contribution in [3.05, 3.63) is 40.3 Å². The lowest BCUT2D eigenvalue weighted by molar-refractivity contribution is -0.0486. The van der Waals surface area contributed by atoms with Crippen LogP contribution in [0.5, 0.6) is 0 Å². The molecule has 2 aliphatic heterocycles. The van der Waals surface area contributed by atoms with Gasteiger partial charge in [0.2, 0.25) is 5.69 Å². The number of nitrogens with zero attached hydrogens (tertiary/aromatic N) is 3. The first-order valence-corrected chi connectivity index (χ1v) is 12.6. The van der Waals surface area contributed by atoms with Gasteiger partial charge >= 0.3 is 5.97 Å². The molecule has 0 amide bonds. The van der Waals surface area contributed by atoms with Crippen LogP contribution in [0.4, 0.5) is 0 Å². The van der Waals surface area contributed by atoms with Gasteiger partial charge in [0, 0.05) is 24.2 Å². The van der Waals surface area contributed by atoms with Crippen LogP contribution in [-0.2, 0) is 0 Å². The van der Waals surface area contributed by atoms with Gasteiger partial charge in [0.15, 0.2) is 0 Å². The number of aromatic nitrogens is 2. The Morgan fingerprint density at radius 2 is 1.50 bits per heavy atom. The summed E-state index contributed by atoms with van der Waals surface area (Å²) in [6.07, 6.45) is 13.9. The van der Waals surface area contributed by atoms with Gasteiger partial charge in [0.05, 0.1) is 11.0 Å². The number of benzene rings is 1. The average molecular weight is 436 g/mol. The molecule has 5 atom stereocenters. The van der Waals surface area contributed by atoms with Gasteiger partial charge < -0.3 is 9.67 Å². The van der Waals surface area contributed by atoms with E-state index in [1.807, 2.05) is 24.3 Å². The van der Waals surface area contributed by atoms with Crippen molar-refractivity contribution < 1.29 is 9.90 Å². The number of carbonyl (C=O) groups is 1. The molecule has 1 aromatic carbocycles. The van der Waals surface area contributed by atoms with E-state index >= 15 is 0 Å². The fraction of sp³-hybridized carbons (Fsp3) is 0.654. The van der Waals surface area contributed by atoms with Crippen molar-refractivity contribution in [2.75, 3.05) is 0 Å². The van der Waals surface area contributed by atoms with E-state index in [2.05, 4.69) is 9.88 Å². The Morgan fingerprint density at radius 3 is 2.19 bits per heavy atom. The van der Waals surface area contributed by atoms with Crippen LogP contribution in [0.2, 0.25) is 0 Å². The third-order valence-corrected chi connectivity index (χ3v) is 8.89. The number of aromatic carboxylic acids is 1. The normalized spacial score (nSPS) is 35.0. The van der Waals surface area contributed by atoms with Crippen LogP contribution in [-0.4, -0.2) is 43.7 Å². The number of carboxylic acids is 1. The third kappa shape index (κ3) is 3.38. The molecule has 2 aliphatic carbocycles. The van der Waals surface area contributed by atoms with Gasteiger partial charge in [-0.15, -0.1) is 0 Å². The summed E-state index contributed by atoms with van der Waals surface area (Å²) >= 11 is 0. The molecular weight excluding hydrogens is 402 g/mol. The van der Waals surface area contributed by atoms with E-state index in [0.717, 1.165) is 30.2 Å². The summed E-state index contributed by atoms with van der Waals surface area (Å²) in [5, 5.41) is 9.62. The Hall–Kier alpha value is -2.21. The maximum atomic E-state index is 13.3. The van der Waals surface area contributed by atoms with Gasteiger partial charge in [-0.05, 0) is 68.9 Å². The second kappa shape index (κ2) is 7.98. The molecule has 32 heavy (non-hydrogen) atoms. The Morgan fingerprint density at radius 1 is 0.844 bits per heavy atom. The first-order valence-electron chi connectivity index (χ1n) is 12.6. The van der Waals surface area contributed by atoms with E-state index in [0.29, 0.717) is 23.6 Å². The van der Waals surface area contributed by atoms with Gasteiger partial charge in [-0.3, -0.25) is 9.69 Å². The van der Waals surface area contributed by atoms with Gasteiger partial charge in [-0.1, -0.05) is 37.8 Å². The predicted molar refractivity (Wildman–Crippen MR) is 123 cm³/mol. The van der Waals surface area contributed by atoms with Crippen molar-refractivity contribution in [2.24, 2.45) is 11.8 Å². The van der Waals surface area contributed by atoms with Crippen LogP contribution in [0.1, 0.15) is 87.2 Å². The number of hydrogen-bond acceptors (Lipinski definition) is 4. The highest BCUT2D eigenvalue weighted by Gasteiger charge is 2.45. The number of fused-ring (bicyclic) bond motifs is 5. The van der Waals surface area contributed by atoms with Gasteiger partial charge in [-0.2, -0.15) is 0 Å². The second-order valence-corrected chi connectivity index (χ2v) is 10.8. The molecule has 6 heteroatoms. The van der Waals surface area contributed by atoms with Crippen molar-refractivity contribution in [2.45, 2.75) is 94.8 Å². The zero-order valence-corrected chi connectivity index (χ0v) is 18.7. The van der Waals surface area contributed by atoms with Crippen molar-refractivity contribution in [3.8, 4) is 0 Å². The minimum Gasteiger partial charge on any atom is -0.476 e. The number of rotatable bonds is 3. The minimum atomic E-state index is -1.24. The molecule has 0 radical (unpaired) electrons. The van der Waals surface area contributed by atoms with E-state index in [1.54, 1.807) is 4.57 Å². The lowest BCUT2D eigenvalue weighted by atomic mass is 9.68. The molecule has 4 fully saturated rings. The van der Waals surface area contributed by atoms with Gasteiger partial charge in [-0.25, -0.2) is 9.78 Å². The quantitative estimate of drug-likeness (QED) is 0.761. The predicted octanol–water partition coefficient (Wildman–Crippen LogP) is 4.62.